The molecule has 1 amide bonds. The average molecular weight is 263 g/mol. The Labute approximate surface area is 114 Å². The minimum atomic E-state index is -0.438. The molecule has 1 aromatic carbocycles. The summed E-state index contributed by atoms with van der Waals surface area (Å²) in [5.74, 6) is 1.22. The van der Waals surface area contributed by atoms with Gasteiger partial charge in [-0.15, -0.1) is 0 Å². The van der Waals surface area contributed by atoms with Crippen molar-refractivity contribution < 1.29 is 14.3 Å². The van der Waals surface area contributed by atoms with Gasteiger partial charge >= 0.3 is 6.09 Å². The summed E-state index contributed by atoms with van der Waals surface area (Å²) >= 11 is 0. The zero-order valence-electron chi connectivity index (χ0n) is 12.0. The van der Waals surface area contributed by atoms with E-state index < -0.39 is 5.60 Å². The molecule has 1 aliphatic heterocycles. The monoisotopic (exact) mass is 263 g/mol. The van der Waals surface area contributed by atoms with Crippen LogP contribution in [0, 0.1) is 0 Å². The molecule has 2 rings (SSSR count). The van der Waals surface area contributed by atoms with Crippen LogP contribution in [0.3, 0.4) is 0 Å². The number of carbonyl (C=O) groups is 1. The quantitative estimate of drug-likeness (QED) is 0.823. The fourth-order valence-electron chi connectivity index (χ4n) is 2.15. The number of nitrogens with zero attached hydrogens (tertiary/aromatic N) is 1. The van der Waals surface area contributed by atoms with Crippen LogP contribution in [0.5, 0.6) is 5.75 Å². The lowest BCUT2D eigenvalue weighted by Crippen LogP contribution is -2.50. The van der Waals surface area contributed by atoms with Gasteiger partial charge in [0.1, 0.15) is 11.4 Å². The Morgan fingerprint density at radius 1 is 1.26 bits per heavy atom. The Bertz CT molecular complexity index is 459. The average Bonchev–Trinajstić information content (AvgIpc) is 2.25. The molecule has 0 unspecified atom stereocenters. The molecular weight excluding hydrogens is 242 g/mol. The van der Waals surface area contributed by atoms with E-state index in [0.29, 0.717) is 19.0 Å². The molecule has 1 saturated heterocycles. The van der Waals surface area contributed by atoms with Crippen LogP contribution in [0.15, 0.2) is 24.3 Å². The van der Waals surface area contributed by atoms with Crippen LogP contribution in [-0.2, 0) is 4.74 Å². The summed E-state index contributed by atoms with van der Waals surface area (Å²) in [4.78, 5) is 13.6. The van der Waals surface area contributed by atoms with Crippen molar-refractivity contribution >= 4 is 6.09 Å². The minimum absolute atomic E-state index is 0.237. The molecule has 1 fully saturated rings. The number of likely N-dealkylation sites (tertiary alicyclic amines) is 1. The first-order chi connectivity index (χ1) is 8.90. The smallest absolute Gasteiger partial charge is 0.410 e. The maximum absolute atomic E-state index is 11.8. The zero-order chi connectivity index (χ0) is 14.0. The SMILES string of the molecule is COc1ccccc1C1CN(C(=O)OC(C)(C)C)C1. The van der Waals surface area contributed by atoms with Gasteiger partial charge in [0.05, 0.1) is 7.11 Å². The lowest BCUT2D eigenvalue weighted by atomic mass is 9.91. The Morgan fingerprint density at radius 3 is 2.47 bits per heavy atom. The fraction of sp³-hybridized carbons (Fsp3) is 0.533. The number of methoxy groups -OCH3 is 1. The second kappa shape index (κ2) is 5.11. The lowest BCUT2D eigenvalue weighted by Gasteiger charge is -2.40. The van der Waals surface area contributed by atoms with E-state index >= 15 is 0 Å². The number of hydrogen-bond acceptors (Lipinski definition) is 3. The first-order valence-corrected chi connectivity index (χ1v) is 6.51. The molecule has 4 nitrogen and oxygen atoms in total. The van der Waals surface area contributed by atoms with E-state index in [9.17, 15) is 4.79 Å². The highest BCUT2D eigenvalue weighted by Crippen LogP contribution is 2.33. The highest BCUT2D eigenvalue weighted by Gasteiger charge is 2.35. The van der Waals surface area contributed by atoms with Crippen LogP contribution in [0.2, 0.25) is 0 Å². The van der Waals surface area contributed by atoms with Gasteiger partial charge < -0.3 is 14.4 Å². The summed E-state index contributed by atoms with van der Waals surface area (Å²) < 4.78 is 10.7. The molecule has 0 aromatic heterocycles. The van der Waals surface area contributed by atoms with E-state index in [1.165, 1.54) is 0 Å². The van der Waals surface area contributed by atoms with Gasteiger partial charge in [-0.2, -0.15) is 0 Å². The Morgan fingerprint density at radius 2 is 1.89 bits per heavy atom. The van der Waals surface area contributed by atoms with Crippen molar-refractivity contribution in [2.45, 2.75) is 32.3 Å². The number of rotatable bonds is 2. The van der Waals surface area contributed by atoms with Crippen LogP contribution < -0.4 is 4.74 Å². The standard InChI is InChI=1S/C15H21NO3/c1-15(2,3)19-14(17)16-9-11(10-16)12-7-5-6-8-13(12)18-4/h5-8,11H,9-10H2,1-4H3. The van der Waals surface area contributed by atoms with Crippen molar-refractivity contribution in [3.63, 3.8) is 0 Å². The van der Waals surface area contributed by atoms with Crippen molar-refractivity contribution in [1.29, 1.82) is 0 Å². The third-order valence-electron chi connectivity index (χ3n) is 3.11. The summed E-state index contributed by atoms with van der Waals surface area (Å²) in [5.41, 5.74) is 0.719. The summed E-state index contributed by atoms with van der Waals surface area (Å²) in [7, 11) is 1.67. The molecule has 0 saturated carbocycles. The van der Waals surface area contributed by atoms with Crippen molar-refractivity contribution in [3.8, 4) is 5.75 Å². The molecule has 1 aromatic rings. The van der Waals surface area contributed by atoms with Crippen molar-refractivity contribution in [2.24, 2.45) is 0 Å². The van der Waals surface area contributed by atoms with E-state index in [1.54, 1.807) is 12.0 Å². The number of ether oxygens (including phenoxy) is 2. The van der Waals surface area contributed by atoms with E-state index in [0.717, 1.165) is 11.3 Å². The number of hydrogen-bond donors (Lipinski definition) is 0. The summed E-state index contributed by atoms with van der Waals surface area (Å²) in [6.07, 6.45) is -0.237. The number of amides is 1. The minimum Gasteiger partial charge on any atom is -0.496 e. The molecule has 104 valence electrons. The lowest BCUT2D eigenvalue weighted by molar-refractivity contribution is 0.00801. The molecule has 0 bridgehead atoms. The molecule has 0 N–H and O–H groups in total. The molecule has 1 heterocycles. The van der Waals surface area contributed by atoms with Crippen molar-refractivity contribution in [3.05, 3.63) is 29.8 Å². The largest absolute Gasteiger partial charge is 0.496 e. The molecule has 19 heavy (non-hydrogen) atoms. The predicted octanol–water partition coefficient (Wildman–Crippen LogP) is 3.03. The zero-order valence-corrected chi connectivity index (χ0v) is 12.0. The molecule has 0 aliphatic carbocycles. The van der Waals surface area contributed by atoms with E-state index in [-0.39, 0.29) is 6.09 Å². The number of benzene rings is 1. The normalized spacial score (nSPS) is 15.9. The van der Waals surface area contributed by atoms with Crippen LogP contribution in [0.1, 0.15) is 32.3 Å². The molecule has 1 aliphatic rings. The summed E-state index contributed by atoms with van der Waals surface area (Å²) in [6, 6.07) is 7.95. The van der Waals surface area contributed by atoms with Gasteiger partial charge in [-0.1, -0.05) is 18.2 Å². The maximum Gasteiger partial charge on any atom is 0.410 e. The highest BCUT2D eigenvalue weighted by atomic mass is 16.6. The molecule has 4 heteroatoms. The summed E-state index contributed by atoms with van der Waals surface area (Å²) in [6.45, 7) is 7.01. The van der Waals surface area contributed by atoms with Crippen LogP contribution >= 0.6 is 0 Å². The molecule has 0 radical (unpaired) electrons. The number of carbonyl (C=O) groups excluding carboxylic acids is 1. The molecular formula is C15H21NO3. The van der Waals surface area contributed by atoms with Gasteiger partial charge in [-0.05, 0) is 26.8 Å². The van der Waals surface area contributed by atoms with Crippen LogP contribution in [0.25, 0.3) is 0 Å². The highest BCUT2D eigenvalue weighted by molar-refractivity contribution is 5.69. The first kappa shape index (κ1) is 13.7. The Balaban J connectivity index is 1.94. The van der Waals surface area contributed by atoms with E-state index in [1.807, 2.05) is 39.0 Å². The van der Waals surface area contributed by atoms with Gasteiger partial charge in [0.15, 0.2) is 0 Å². The van der Waals surface area contributed by atoms with Crippen LogP contribution in [0.4, 0.5) is 4.79 Å². The Hall–Kier alpha value is -1.71. The van der Waals surface area contributed by atoms with Gasteiger partial charge in [0, 0.05) is 24.6 Å². The fourth-order valence-corrected chi connectivity index (χ4v) is 2.15. The van der Waals surface area contributed by atoms with E-state index in [2.05, 4.69) is 6.07 Å². The maximum atomic E-state index is 11.8. The topological polar surface area (TPSA) is 38.8 Å². The van der Waals surface area contributed by atoms with Gasteiger partial charge in [0.25, 0.3) is 0 Å². The van der Waals surface area contributed by atoms with Gasteiger partial charge in [-0.25, -0.2) is 4.79 Å². The Kier molecular flexibility index (Phi) is 3.69. The third kappa shape index (κ3) is 3.19. The third-order valence-corrected chi connectivity index (χ3v) is 3.11. The van der Waals surface area contributed by atoms with Gasteiger partial charge in [-0.3, -0.25) is 0 Å². The molecule has 0 spiro atoms. The summed E-state index contributed by atoms with van der Waals surface area (Å²) in [5, 5.41) is 0. The van der Waals surface area contributed by atoms with Gasteiger partial charge in [0.2, 0.25) is 0 Å². The van der Waals surface area contributed by atoms with Crippen molar-refractivity contribution in [1.82, 2.24) is 4.90 Å². The van der Waals surface area contributed by atoms with Crippen molar-refractivity contribution in [2.75, 3.05) is 20.2 Å². The van der Waals surface area contributed by atoms with Crippen LogP contribution in [-0.4, -0.2) is 36.8 Å². The first-order valence-electron chi connectivity index (χ1n) is 6.51. The second-order valence-electron chi connectivity index (χ2n) is 5.82. The molecule has 0 atom stereocenters. The van der Waals surface area contributed by atoms with E-state index in [4.69, 9.17) is 9.47 Å². The number of para-hydroxylation sites is 1. The predicted molar refractivity (Wildman–Crippen MR) is 73.5 cm³/mol. The second-order valence-corrected chi connectivity index (χ2v) is 5.82.